The van der Waals surface area contributed by atoms with E-state index in [1.54, 1.807) is 12.1 Å². The molecule has 3 aromatic carbocycles. The molecule has 5 aromatic rings. The number of carboxylic acids is 1. The van der Waals surface area contributed by atoms with Crippen LogP contribution >= 0.6 is 23.2 Å². The highest BCUT2D eigenvalue weighted by atomic mass is 35.5. The fourth-order valence-electron chi connectivity index (χ4n) is 7.43. The maximum absolute atomic E-state index is 14.9. The lowest BCUT2D eigenvalue weighted by molar-refractivity contribution is 0.0696. The van der Waals surface area contributed by atoms with Crippen LogP contribution in [0.25, 0.3) is 22.0 Å². The molecule has 2 aromatic heterocycles. The van der Waals surface area contributed by atoms with E-state index < -0.39 is 5.97 Å². The summed E-state index contributed by atoms with van der Waals surface area (Å²) in [5, 5.41) is 16.9. The first-order valence-corrected chi connectivity index (χ1v) is 19.0. The van der Waals surface area contributed by atoms with E-state index >= 15 is 0 Å². The first-order valence-electron chi connectivity index (χ1n) is 18.3. The molecule has 9 nitrogen and oxygen atoms in total. The van der Waals surface area contributed by atoms with Crippen molar-refractivity contribution in [3.8, 4) is 22.6 Å². The number of aryl methyl sites for hydroxylation is 6. The fourth-order valence-corrected chi connectivity index (χ4v) is 7.79. The van der Waals surface area contributed by atoms with Gasteiger partial charge in [0.25, 0.3) is 5.91 Å². The molecule has 1 aliphatic rings. The van der Waals surface area contributed by atoms with Gasteiger partial charge in [-0.05, 0) is 118 Å². The summed E-state index contributed by atoms with van der Waals surface area (Å²) >= 11 is 13.5. The van der Waals surface area contributed by atoms with Crippen LogP contribution in [-0.4, -0.2) is 56.0 Å². The van der Waals surface area contributed by atoms with Crippen LogP contribution in [0.5, 0.6) is 11.5 Å². The molecule has 0 fully saturated rings. The third-order valence-corrected chi connectivity index (χ3v) is 11.0. The number of hydrogen-bond acceptors (Lipinski definition) is 5. The molecule has 1 amide bonds. The summed E-state index contributed by atoms with van der Waals surface area (Å²) in [5.41, 5.74) is 8.96. The van der Waals surface area contributed by atoms with Crippen molar-refractivity contribution < 1.29 is 24.2 Å². The van der Waals surface area contributed by atoms with Gasteiger partial charge in [-0.25, -0.2) is 4.79 Å². The number of aromatic nitrogens is 3. The van der Waals surface area contributed by atoms with Crippen molar-refractivity contribution in [2.24, 2.45) is 13.0 Å². The van der Waals surface area contributed by atoms with Gasteiger partial charge < -0.3 is 24.0 Å². The van der Waals surface area contributed by atoms with Gasteiger partial charge in [0.05, 0.1) is 35.0 Å². The minimum absolute atomic E-state index is 0.108. The van der Waals surface area contributed by atoms with Crippen LogP contribution < -0.4 is 9.47 Å². The summed E-state index contributed by atoms with van der Waals surface area (Å²) in [6.45, 7) is 14.5. The smallest absolute Gasteiger partial charge is 0.335 e. The van der Waals surface area contributed by atoms with Gasteiger partial charge in [0.2, 0.25) is 0 Å². The summed E-state index contributed by atoms with van der Waals surface area (Å²) in [7, 11) is 1.93. The number of fused-ring (bicyclic) bond motifs is 3. The second-order valence-electron chi connectivity index (χ2n) is 14.6. The van der Waals surface area contributed by atoms with Crippen LogP contribution in [0.15, 0.2) is 42.5 Å². The number of amides is 1. The van der Waals surface area contributed by atoms with E-state index in [0.717, 1.165) is 67.3 Å². The number of rotatable bonds is 13. The van der Waals surface area contributed by atoms with Crippen molar-refractivity contribution in [1.82, 2.24) is 19.2 Å². The molecule has 3 heterocycles. The Morgan fingerprint density at radius 3 is 2.30 bits per heavy atom. The van der Waals surface area contributed by atoms with Crippen LogP contribution in [0, 0.1) is 33.6 Å². The third kappa shape index (κ3) is 7.92. The van der Waals surface area contributed by atoms with Crippen LogP contribution in [0.3, 0.4) is 0 Å². The zero-order chi connectivity index (χ0) is 38.1. The minimum Gasteiger partial charge on any atom is -0.494 e. The van der Waals surface area contributed by atoms with Gasteiger partial charge in [0.1, 0.15) is 17.2 Å². The number of carbonyl (C=O) groups excluding carboxylic acids is 1. The highest BCUT2D eigenvalue weighted by Crippen LogP contribution is 2.43. The normalized spacial score (nSPS) is 13.2. The molecule has 0 atom stereocenters. The third-order valence-electron chi connectivity index (χ3n) is 10.1. The number of hydrogen-bond donors (Lipinski definition) is 1. The van der Waals surface area contributed by atoms with Gasteiger partial charge in [-0.1, -0.05) is 43.1 Å². The number of carboxylic acid groups (broad SMARTS) is 1. The summed E-state index contributed by atoms with van der Waals surface area (Å²) in [4.78, 5) is 28.8. The van der Waals surface area contributed by atoms with Gasteiger partial charge >= 0.3 is 5.97 Å². The van der Waals surface area contributed by atoms with Crippen molar-refractivity contribution in [3.63, 3.8) is 0 Å². The molecule has 11 heteroatoms. The number of benzene rings is 3. The SMILES string of the molecule is Cc1cc(OCCCc2c3n(c4c(-c5c(C)nn(C)c5C)c(Cl)ccc24)CCCN(Cc2cc(OCCC(C)C)cc(C(=O)O)c2)C3=O)cc(C)c1Cl. The highest BCUT2D eigenvalue weighted by Gasteiger charge is 2.32. The molecular weight excluding hydrogens is 711 g/mol. The van der Waals surface area contributed by atoms with Crippen LogP contribution in [0.4, 0.5) is 0 Å². The minimum atomic E-state index is -1.04. The quantitative estimate of drug-likeness (QED) is 0.120. The van der Waals surface area contributed by atoms with E-state index in [2.05, 4.69) is 18.4 Å². The molecule has 0 spiro atoms. The second-order valence-corrected chi connectivity index (χ2v) is 15.4. The summed E-state index contributed by atoms with van der Waals surface area (Å²) in [5.74, 6) is 0.557. The standard InChI is InChI=1S/C42H48Cl2N4O5/c1-24(2)13-17-53-32-21-29(20-30(22-32)42(50)51)23-47-14-9-15-48-39-34(11-12-35(43)37(39)36-27(5)45-46(7)28(36)6)33(40(48)41(47)49)10-8-16-52-31-18-25(3)38(44)26(4)19-31/h11-12,18-22,24H,8-10,13-17,23H2,1-7H3,(H,50,51). The van der Waals surface area contributed by atoms with Crippen molar-refractivity contribution in [2.45, 2.75) is 80.3 Å². The highest BCUT2D eigenvalue weighted by molar-refractivity contribution is 6.35. The molecule has 0 aliphatic carbocycles. The fraction of sp³-hybridized carbons (Fsp3) is 0.405. The summed E-state index contributed by atoms with van der Waals surface area (Å²) in [6.07, 6.45) is 2.81. The molecule has 0 saturated heterocycles. The van der Waals surface area contributed by atoms with Gasteiger partial charge in [0, 0.05) is 53.9 Å². The molecule has 53 heavy (non-hydrogen) atoms. The Morgan fingerprint density at radius 1 is 0.943 bits per heavy atom. The van der Waals surface area contributed by atoms with Gasteiger partial charge in [0.15, 0.2) is 0 Å². The summed E-state index contributed by atoms with van der Waals surface area (Å²) < 4.78 is 16.2. The Bertz CT molecular complexity index is 2180. The monoisotopic (exact) mass is 758 g/mol. The lowest BCUT2D eigenvalue weighted by atomic mass is 9.98. The predicted octanol–water partition coefficient (Wildman–Crippen LogP) is 9.76. The van der Waals surface area contributed by atoms with Crippen LogP contribution in [-0.2, 0) is 26.6 Å². The average Bonchev–Trinajstić information content (AvgIpc) is 3.48. The second kappa shape index (κ2) is 15.9. The zero-order valence-electron chi connectivity index (χ0n) is 31.6. The number of nitrogens with zero attached hydrogens (tertiary/aromatic N) is 4. The Morgan fingerprint density at radius 2 is 1.64 bits per heavy atom. The summed E-state index contributed by atoms with van der Waals surface area (Å²) in [6, 6.07) is 12.9. The molecule has 0 saturated carbocycles. The van der Waals surface area contributed by atoms with E-state index in [9.17, 15) is 14.7 Å². The van der Waals surface area contributed by atoms with Gasteiger partial charge in [-0.2, -0.15) is 5.10 Å². The molecule has 0 unspecified atom stereocenters. The first kappa shape index (κ1) is 38.3. The van der Waals surface area contributed by atoms with Crippen molar-refractivity contribution in [3.05, 3.63) is 97.4 Å². The molecule has 0 bridgehead atoms. The van der Waals surface area contributed by atoms with Crippen molar-refractivity contribution in [1.29, 1.82) is 0 Å². The largest absolute Gasteiger partial charge is 0.494 e. The predicted molar refractivity (Wildman–Crippen MR) is 211 cm³/mol. The zero-order valence-corrected chi connectivity index (χ0v) is 33.1. The van der Waals surface area contributed by atoms with E-state index in [1.165, 1.54) is 0 Å². The number of carbonyl (C=O) groups is 2. The molecular formula is C42H48Cl2N4O5. The Balaban J connectivity index is 1.40. The van der Waals surface area contributed by atoms with E-state index in [-0.39, 0.29) is 18.0 Å². The molecule has 1 aliphatic heterocycles. The maximum Gasteiger partial charge on any atom is 0.335 e. The van der Waals surface area contributed by atoms with Gasteiger partial charge in [-0.15, -0.1) is 0 Å². The lowest BCUT2D eigenvalue weighted by Crippen LogP contribution is -2.31. The van der Waals surface area contributed by atoms with Crippen molar-refractivity contribution >= 4 is 46.0 Å². The molecule has 1 N–H and O–H groups in total. The van der Waals surface area contributed by atoms with Gasteiger partial charge in [-0.3, -0.25) is 9.48 Å². The molecule has 6 rings (SSSR count). The average molecular weight is 760 g/mol. The van der Waals surface area contributed by atoms with E-state index in [1.807, 2.05) is 74.7 Å². The molecule has 280 valence electrons. The molecule has 0 radical (unpaired) electrons. The topological polar surface area (TPSA) is 98.8 Å². The Hall–Kier alpha value is -4.47. The number of halogens is 2. The maximum atomic E-state index is 14.9. The lowest BCUT2D eigenvalue weighted by Gasteiger charge is -2.22. The Labute approximate surface area is 321 Å². The van der Waals surface area contributed by atoms with E-state index in [4.69, 9.17) is 37.8 Å². The van der Waals surface area contributed by atoms with Crippen molar-refractivity contribution in [2.75, 3.05) is 19.8 Å². The van der Waals surface area contributed by atoms with Crippen LogP contribution in [0.2, 0.25) is 10.0 Å². The Kier molecular flexibility index (Phi) is 11.5. The van der Waals surface area contributed by atoms with Crippen LogP contribution in [0.1, 0.15) is 87.6 Å². The number of ether oxygens (including phenoxy) is 2. The first-order chi connectivity index (χ1) is 25.2. The number of aromatic carboxylic acids is 1. The van der Waals surface area contributed by atoms with E-state index in [0.29, 0.717) is 73.5 Å².